The Labute approximate surface area is 159 Å². The number of ether oxygens (including phenoxy) is 1. The van der Waals surface area contributed by atoms with Gasteiger partial charge in [0.1, 0.15) is 11.5 Å². The van der Waals surface area contributed by atoms with Crippen LogP contribution < -0.4 is 10.5 Å². The third-order valence-electron chi connectivity index (χ3n) is 4.92. The van der Waals surface area contributed by atoms with Crippen LogP contribution in [0, 0.1) is 6.92 Å². The van der Waals surface area contributed by atoms with Crippen molar-refractivity contribution in [3.05, 3.63) is 95.1 Å². The zero-order valence-corrected chi connectivity index (χ0v) is 15.8. The van der Waals surface area contributed by atoms with E-state index in [9.17, 15) is 0 Å². The van der Waals surface area contributed by atoms with Crippen molar-refractivity contribution in [1.82, 2.24) is 0 Å². The highest BCUT2D eigenvalue weighted by molar-refractivity contribution is 7.81. The van der Waals surface area contributed by atoms with Crippen LogP contribution in [0.25, 0.3) is 5.57 Å². The molecule has 0 amide bonds. The van der Waals surface area contributed by atoms with Crippen LogP contribution in [-0.2, 0) is 4.75 Å². The Bertz CT molecular complexity index is 987. The van der Waals surface area contributed by atoms with Gasteiger partial charge in [0.25, 0.3) is 0 Å². The van der Waals surface area contributed by atoms with Crippen LogP contribution in [0.1, 0.15) is 34.7 Å². The number of benzene rings is 3. The molecule has 1 heterocycles. The molecule has 1 aliphatic heterocycles. The fourth-order valence-corrected chi connectivity index (χ4v) is 4.22. The minimum Gasteiger partial charge on any atom is -0.457 e. The Kier molecular flexibility index (Phi) is 3.85. The predicted molar refractivity (Wildman–Crippen MR) is 112 cm³/mol. The van der Waals surface area contributed by atoms with Gasteiger partial charge in [-0.1, -0.05) is 54.6 Å². The molecule has 0 aliphatic carbocycles. The number of hydrogen-bond acceptors (Lipinski definition) is 3. The lowest BCUT2D eigenvalue weighted by atomic mass is 9.78. The normalized spacial score (nSPS) is 17.8. The first-order valence-corrected chi connectivity index (χ1v) is 9.02. The number of allylic oxidation sites excluding steroid dienone is 1. The maximum atomic E-state index is 6.21. The number of anilines is 1. The number of rotatable bonds is 2. The minimum atomic E-state index is -0.653. The lowest BCUT2D eigenvalue weighted by molar-refractivity contribution is 0.447. The summed E-state index contributed by atoms with van der Waals surface area (Å²) in [6.45, 7) is 8.25. The van der Waals surface area contributed by atoms with Crippen LogP contribution in [0.4, 0.5) is 5.69 Å². The van der Waals surface area contributed by atoms with Crippen molar-refractivity contribution in [1.29, 1.82) is 0 Å². The van der Waals surface area contributed by atoms with Gasteiger partial charge in [-0.15, -0.1) is 0 Å². The molecule has 0 bridgehead atoms. The summed E-state index contributed by atoms with van der Waals surface area (Å²) in [5.41, 5.74) is 13.0. The average Bonchev–Trinajstić information content (AvgIpc) is 2.61. The first-order valence-electron chi connectivity index (χ1n) is 8.58. The molecule has 0 saturated heterocycles. The number of aryl methyl sites for hydroxylation is 1. The number of nitrogen functional groups attached to an aromatic ring is 1. The van der Waals surface area contributed by atoms with Gasteiger partial charge >= 0.3 is 0 Å². The molecular formula is C23H21NOS. The minimum absolute atomic E-state index is 0.653. The molecule has 0 aromatic heterocycles. The summed E-state index contributed by atoms with van der Waals surface area (Å²) in [5, 5.41) is 0. The van der Waals surface area contributed by atoms with Crippen molar-refractivity contribution < 1.29 is 4.74 Å². The molecule has 0 fully saturated rings. The molecule has 1 atom stereocenters. The Balaban J connectivity index is 2.09. The number of nitrogens with two attached hydrogens (primary N) is 1. The molecular weight excluding hydrogens is 338 g/mol. The van der Waals surface area contributed by atoms with Crippen molar-refractivity contribution >= 4 is 23.9 Å². The fraction of sp³-hybridized carbons (Fsp3) is 0.130. The van der Waals surface area contributed by atoms with Gasteiger partial charge in [-0.05, 0) is 42.7 Å². The molecule has 3 heteroatoms. The van der Waals surface area contributed by atoms with Crippen LogP contribution in [-0.4, -0.2) is 0 Å². The summed E-state index contributed by atoms with van der Waals surface area (Å²) in [6.07, 6.45) is 0. The monoisotopic (exact) mass is 359 g/mol. The molecule has 3 aromatic rings. The van der Waals surface area contributed by atoms with Gasteiger partial charge in [0.15, 0.2) is 0 Å². The van der Waals surface area contributed by atoms with Crippen molar-refractivity contribution in [2.75, 3.05) is 5.73 Å². The molecule has 0 radical (unpaired) electrons. The second-order valence-corrected chi connectivity index (χ2v) is 7.56. The highest BCUT2D eigenvalue weighted by Gasteiger charge is 2.42. The van der Waals surface area contributed by atoms with E-state index in [-0.39, 0.29) is 0 Å². The van der Waals surface area contributed by atoms with Crippen molar-refractivity contribution in [3.8, 4) is 11.5 Å². The highest BCUT2D eigenvalue weighted by Crippen LogP contribution is 2.55. The van der Waals surface area contributed by atoms with Gasteiger partial charge < -0.3 is 10.5 Å². The molecule has 26 heavy (non-hydrogen) atoms. The van der Waals surface area contributed by atoms with Gasteiger partial charge in [0.05, 0.1) is 4.75 Å². The SMILES string of the molecule is C=C(C)c1ccccc1C1(S)c2ccc(C)cc2Oc2cc(N)ccc21. The van der Waals surface area contributed by atoms with Gasteiger partial charge in [-0.25, -0.2) is 0 Å². The number of hydrogen-bond donors (Lipinski definition) is 2. The molecule has 2 N–H and O–H groups in total. The van der Waals surface area contributed by atoms with E-state index in [1.807, 2.05) is 37.3 Å². The van der Waals surface area contributed by atoms with E-state index in [4.69, 9.17) is 23.1 Å². The molecule has 0 spiro atoms. The summed E-state index contributed by atoms with van der Waals surface area (Å²) in [5.74, 6) is 1.56. The van der Waals surface area contributed by atoms with E-state index in [2.05, 4.69) is 43.8 Å². The largest absolute Gasteiger partial charge is 0.457 e. The van der Waals surface area contributed by atoms with Crippen LogP contribution >= 0.6 is 12.6 Å². The first-order chi connectivity index (χ1) is 12.4. The standard InChI is InChI=1S/C23H21NOS/c1-14(2)17-6-4-5-7-18(17)23(26)19-10-8-15(3)12-21(19)25-22-13-16(24)9-11-20(22)23/h4-13,26H,1,24H2,2-3H3. The summed E-state index contributed by atoms with van der Waals surface area (Å²) < 4.78 is 5.55. The summed E-state index contributed by atoms with van der Waals surface area (Å²) in [4.78, 5) is 0. The zero-order chi connectivity index (χ0) is 18.5. The van der Waals surface area contributed by atoms with Gasteiger partial charge in [0.2, 0.25) is 0 Å². The Morgan fingerprint density at radius 1 is 0.962 bits per heavy atom. The van der Waals surface area contributed by atoms with Crippen molar-refractivity contribution in [2.24, 2.45) is 0 Å². The van der Waals surface area contributed by atoms with E-state index in [1.54, 1.807) is 0 Å². The Hall–Kier alpha value is -2.65. The first kappa shape index (κ1) is 16.8. The van der Waals surface area contributed by atoms with Crippen LogP contribution in [0.15, 0.2) is 67.2 Å². The number of thiol groups is 1. The quantitative estimate of drug-likeness (QED) is 0.439. The van der Waals surface area contributed by atoms with Crippen LogP contribution in [0.2, 0.25) is 0 Å². The molecule has 3 aromatic carbocycles. The van der Waals surface area contributed by atoms with Crippen LogP contribution in [0.3, 0.4) is 0 Å². The Morgan fingerprint density at radius 2 is 1.62 bits per heavy atom. The third kappa shape index (κ3) is 2.43. The summed E-state index contributed by atoms with van der Waals surface area (Å²) >= 11 is 5.27. The topological polar surface area (TPSA) is 35.2 Å². The average molecular weight is 359 g/mol. The maximum absolute atomic E-state index is 6.21. The third-order valence-corrected chi connectivity index (χ3v) is 5.64. The van der Waals surface area contributed by atoms with Crippen molar-refractivity contribution in [2.45, 2.75) is 18.6 Å². The summed E-state index contributed by atoms with van der Waals surface area (Å²) in [6, 6.07) is 20.3. The summed E-state index contributed by atoms with van der Waals surface area (Å²) in [7, 11) is 0. The lowest BCUT2D eigenvalue weighted by Crippen LogP contribution is -2.28. The smallest absolute Gasteiger partial charge is 0.134 e. The van der Waals surface area contributed by atoms with Crippen LogP contribution in [0.5, 0.6) is 11.5 Å². The lowest BCUT2D eigenvalue weighted by Gasteiger charge is -2.38. The zero-order valence-electron chi connectivity index (χ0n) is 14.9. The second kappa shape index (κ2) is 5.96. The Morgan fingerprint density at radius 3 is 2.35 bits per heavy atom. The van der Waals surface area contributed by atoms with E-state index >= 15 is 0 Å². The molecule has 1 aliphatic rings. The van der Waals surface area contributed by atoms with E-state index in [0.717, 1.165) is 44.9 Å². The molecule has 0 saturated carbocycles. The van der Waals surface area contributed by atoms with E-state index < -0.39 is 4.75 Å². The van der Waals surface area contributed by atoms with Gasteiger partial charge in [-0.2, -0.15) is 12.6 Å². The molecule has 4 rings (SSSR count). The van der Waals surface area contributed by atoms with Gasteiger partial charge in [0, 0.05) is 22.9 Å². The van der Waals surface area contributed by atoms with E-state index in [1.165, 1.54) is 0 Å². The van der Waals surface area contributed by atoms with E-state index in [0.29, 0.717) is 5.69 Å². The van der Waals surface area contributed by atoms with Gasteiger partial charge in [-0.3, -0.25) is 0 Å². The second-order valence-electron chi connectivity index (χ2n) is 6.89. The maximum Gasteiger partial charge on any atom is 0.134 e. The van der Waals surface area contributed by atoms with Crippen molar-refractivity contribution in [3.63, 3.8) is 0 Å². The number of fused-ring (bicyclic) bond motifs is 2. The fourth-order valence-electron chi connectivity index (χ4n) is 3.66. The molecule has 130 valence electrons. The predicted octanol–water partition coefficient (Wildman–Crippen LogP) is 5.94. The molecule has 1 unspecified atom stereocenters. The molecule has 2 nitrogen and oxygen atoms in total. The highest BCUT2D eigenvalue weighted by atomic mass is 32.1.